The van der Waals surface area contributed by atoms with Crippen LogP contribution in [0.4, 0.5) is 0 Å². The first-order chi connectivity index (χ1) is 14.4. The second-order valence-electron chi connectivity index (χ2n) is 7.74. The highest BCUT2D eigenvalue weighted by atomic mass is 32.2. The molecule has 0 saturated carbocycles. The van der Waals surface area contributed by atoms with Crippen LogP contribution in [0.3, 0.4) is 0 Å². The van der Waals surface area contributed by atoms with Crippen molar-refractivity contribution < 1.29 is 12.9 Å². The molecule has 0 amide bonds. The first-order valence-electron chi connectivity index (χ1n) is 10.4. The maximum atomic E-state index is 13.0. The third kappa shape index (κ3) is 4.13. The molecule has 2 aromatic heterocycles. The number of aryl methyl sites for hydroxylation is 1. The molecule has 8 nitrogen and oxygen atoms in total. The zero-order valence-corrected chi connectivity index (χ0v) is 19.2. The number of hydrogen-bond donors (Lipinski definition) is 0. The van der Waals surface area contributed by atoms with Crippen molar-refractivity contribution in [2.45, 2.75) is 68.3 Å². The number of rotatable bonds is 7. The van der Waals surface area contributed by atoms with Gasteiger partial charge >= 0.3 is 0 Å². The normalized spacial score (nSPS) is 16.0. The van der Waals surface area contributed by atoms with E-state index in [9.17, 15) is 8.42 Å². The van der Waals surface area contributed by atoms with Gasteiger partial charge in [-0.25, -0.2) is 13.4 Å². The summed E-state index contributed by atoms with van der Waals surface area (Å²) in [7, 11) is -3.48. The summed E-state index contributed by atoms with van der Waals surface area (Å²) >= 11 is 1.51. The van der Waals surface area contributed by atoms with E-state index in [4.69, 9.17) is 9.51 Å². The molecule has 0 atom stereocenters. The van der Waals surface area contributed by atoms with E-state index in [1.165, 1.54) is 11.8 Å². The lowest BCUT2D eigenvalue weighted by molar-refractivity contribution is 0.346. The van der Waals surface area contributed by atoms with Gasteiger partial charge in [0.2, 0.25) is 15.9 Å². The van der Waals surface area contributed by atoms with Crippen LogP contribution in [-0.4, -0.2) is 45.5 Å². The highest BCUT2D eigenvalue weighted by Gasteiger charge is 2.26. The van der Waals surface area contributed by atoms with Crippen molar-refractivity contribution in [1.29, 1.82) is 0 Å². The molecule has 1 saturated heterocycles. The minimum absolute atomic E-state index is 0.216. The molecule has 3 heterocycles. The number of piperidine rings is 1. The molecule has 162 valence electrons. The Morgan fingerprint density at radius 1 is 1.17 bits per heavy atom. The van der Waals surface area contributed by atoms with E-state index in [1.54, 1.807) is 16.4 Å². The number of aromatic nitrogens is 4. The molecule has 4 rings (SSSR count). The molecule has 0 spiro atoms. The van der Waals surface area contributed by atoms with Gasteiger partial charge in [-0.1, -0.05) is 37.2 Å². The van der Waals surface area contributed by atoms with E-state index in [2.05, 4.69) is 14.7 Å². The van der Waals surface area contributed by atoms with Gasteiger partial charge < -0.3 is 9.09 Å². The van der Waals surface area contributed by atoms with Gasteiger partial charge in [0.15, 0.2) is 11.0 Å². The second kappa shape index (κ2) is 8.68. The molecule has 0 aliphatic carbocycles. The Bertz CT molecular complexity index is 1130. The largest absolute Gasteiger partial charge is 0.338 e. The fourth-order valence-corrected chi connectivity index (χ4v) is 6.06. The number of benzene rings is 1. The first-order valence-corrected chi connectivity index (χ1v) is 12.8. The van der Waals surface area contributed by atoms with Crippen LogP contribution in [0, 0.1) is 0 Å². The molecule has 0 N–H and O–H groups in total. The molecule has 0 bridgehead atoms. The third-order valence-electron chi connectivity index (χ3n) is 5.28. The lowest BCUT2D eigenvalue weighted by Crippen LogP contribution is -2.35. The molecule has 30 heavy (non-hydrogen) atoms. The van der Waals surface area contributed by atoms with Gasteiger partial charge in [0.05, 0.1) is 21.7 Å². The predicted molar refractivity (Wildman–Crippen MR) is 116 cm³/mol. The van der Waals surface area contributed by atoms with Crippen LogP contribution in [0.5, 0.6) is 0 Å². The first kappa shape index (κ1) is 21.3. The Labute approximate surface area is 181 Å². The number of sulfonamides is 1. The van der Waals surface area contributed by atoms with E-state index in [1.807, 2.05) is 26.8 Å². The van der Waals surface area contributed by atoms with Crippen LogP contribution in [0.15, 0.2) is 32.8 Å². The quantitative estimate of drug-likeness (QED) is 0.503. The maximum absolute atomic E-state index is 13.0. The van der Waals surface area contributed by atoms with E-state index >= 15 is 0 Å². The Balaban J connectivity index is 1.60. The summed E-state index contributed by atoms with van der Waals surface area (Å²) in [5.74, 6) is 1.99. The summed E-state index contributed by atoms with van der Waals surface area (Å²) < 4.78 is 35.0. The van der Waals surface area contributed by atoms with E-state index in [0.717, 1.165) is 36.5 Å². The number of imidazole rings is 1. The van der Waals surface area contributed by atoms with E-state index < -0.39 is 10.0 Å². The van der Waals surface area contributed by atoms with Crippen molar-refractivity contribution in [1.82, 2.24) is 24.0 Å². The maximum Gasteiger partial charge on any atom is 0.243 e. The zero-order chi connectivity index (χ0) is 21.3. The Hall–Kier alpha value is -1.91. The standard InChI is InChI=1S/C20H27N5O3S2/c1-4-25-17-9-8-15(30(26,27)24-10-6-5-7-11-24)12-16(17)21-20(25)29-13-18-22-19(14(2)3)23-28-18/h8-9,12,14H,4-7,10-11,13H2,1-3H3. The van der Waals surface area contributed by atoms with Crippen LogP contribution in [0.25, 0.3) is 11.0 Å². The lowest BCUT2D eigenvalue weighted by atomic mass is 10.2. The monoisotopic (exact) mass is 449 g/mol. The molecule has 1 aromatic carbocycles. The Morgan fingerprint density at radius 2 is 1.93 bits per heavy atom. The molecule has 1 aliphatic heterocycles. The number of hydrogen-bond acceptors (Lipinski definition) is 7. The van der Waals surface area contributed by atoms with Crippen molar-refractivity contribution in [3.8, 4) is 0 Å². The average molecular weight is 450 g/mol. The molecular weight excluding hydrogens is 422 g/mol. The topological polar surface area (TPSA) is 94.1 Å². The van der Waals surface area contributed by atoms with E-state index in [-0.39, 0.29) is 5.92 Å². The van der Waals surface area contributed by atoms with Crippen LogP contribution in [0.1, 0.15) is 57.7 Å². The van der Waals surface area contributed by atoms with Crippen molar-refractivity contribution in [2.24, 2.45) is 0 Å². The van der Waals surface area contributed by atoms with Crippen molar-refractivity contribution in [3.63, 3.8) is 0 Å². The van der Waals surface area contributed by atoms with Crippen LogP contribution in [-0.2, 0) is 22.3 Å². The smallest absolute Gasteiger partial charge is 0.243 e. The summed E-state index contributed by atoms with van der Waals surface area (Å²) in [6.07, 6.45) is 2.92. The Morgan fingerprint density at radius 3 is 2.60 bits per heavy atom. The minimum Gasteiger partial charge on any atom is -0.338 e. The summed E-state index contributed by atoms with van der Waals surface area (Å²) in [6.45, 7) is 8.01. The molecule has 10 heteroatoms. The van der Waals surface area contributed by atoms with Gasteiger partial charge in [0.1, 0.15) is 0 Å². The Kier molecular flexibility index (Phi) is 6.17. The van der Waals surface area contributed by atoms with Crippen molar-refractivity contribution in [3.05, 3.63) is 29.9 Å². The van der Waals surface area contributed by atoms with Crippen molar-refractivity contribution >= 4 is 32.8 Å². The van der Waals surface area contributed by atoms with Gasteiger partial charge in [0, 0.05) is 25.6 Å². The highest BCUT2D eigenvalue weighted by Crippen LogP contribution is 2.29. The minimum atomic E-state index is -3.48. The predicted octanol–water partition coefficient (Wildman–Crippen LogP) is 4.03. The summed E-state index contributed by atoms with van der Waals surface area (Å²) in [5, 5.41) is 4.81. The van der Waals surface area contributed by atoms with Crippen molar-refractivity contribution in [2.75, 3.05) is 13.1 Å². The highest BCUT2D eigenvalue weighted by molar-refractivity contribution is 7.98. The molecule has 1 aliphatic rings. The molecule has 0 unspecified atom stereocenters. The molecule has 0 radical (unpaired) electrons. The van der Waals surface area contributed by atoms with Gasteiger partial charge in [-0.2, -0.15) is 9.29 Å². The fourth-order valence-electron chi connectivity index (χ4n) is 3.61. The summed E-state index contributed by atoms with van der Waals surface area (Å²) in [6, 6.07) is 5.25. The zero-order valence-electron chi connectivity index (χ0n) is 17.5. The van der Waals surface area contributed by atoms with Crippen LogP contribution in [0.2, 0.25) is 0 Å². The van der Waals surface area contributed by atoms with Gasteiger partial charge in [-0.3, -0.25) is 0 Å². The number of fused-ring (bicyclic) bond motifs is 1. The molecule has 3 aromatic rings. The SMILES string of the molecule is CCn1c(SCc2nc(C(C)C)no2)nc2cc(S(=O)(=O)N3CCCCC3)ccc21. The number of nitrogens with zero attached hydrogens (tertiary/aromatic N) is 5. The summed E-state index contributed by atoms with van der Waals surface area (Å²) in [4.78, 5) is 9.44. The molecular formula is C20H27N5O3S2. The third-order valence-corrected chi connectivity index (χ3v) is 8.13. The molecule has 1 fully saturated rings. The summed E-state index contributed by atoms with van der Waals surface area (Å²) in [5.41, 5.74) is 1.61. The fraction of sp³-hybridized carbons (Fsp3) is 0.550. The van der Waals surface area contributed by atoms with Gasteiger partial charge in [0.25, 0.3) is 0 Å². The van der Waals surface area contributed by atoms with E-state index in [0.29, 0.717) is 41.0 Å². The van der Waals surface area contributed by atoms with Gasteiger partial charge in [-0.15, -0.1) is 0 Å². The van der Waals surface area contributed by atoms with Gasteiger partial charge in [-0.05, 0) is 38.0 Å². The average Bonchev–Trinajstić information content (AvgIpc) is 3.36. The second-order valence-corrected chi connectivity index (χ2v) is 10.6. The van der Waals surface area contributed by atoms with Crippen LogP contribution < -0.4 is 0 Å². The van der Waals surface area contributed by atoms with Crippen LogP contribution >= 0.6 is 11.8 Å². The number of thioether (sulfide) groups is 1. The lowest BCUT2D eigenvalue weighted by Gasteiger charge is -2.25.